The molecule has 30 heavy (non-hydrogen) atoms. The molecule has 0 bridgehead atoms. The first-order valence-electron chi connectivity index (χ1n) is 9.05. The van der Waals surface area contributed by atoms with Crippen LogP contribution in [0.5, 0.6) is 0 Å². The molecule has 0 aliphatic rings. The van der Waals surface area contributed by atoms with Gasteiger partial charge in [0.1, 0.15) is 5.82 Å². The minimum absolute atomic E-state index is 0.0704. The number of amides is 1. The predicted molar refractivity (Wildman–Crippen MR) is 105 cm³/mol. The molecule has 1 N–H and O–H groups in total. The summed E-state index contributed by atoms with van der Waals surface area (Å²) in [6.45, 7) is 1.46. The number of anilines is 1. The number of hydrogen-bond donors (Lipinski definition) is 1. The summed E-state index contributed by atoms with van der Waals surface area (Å²) in [5, 5.41) is 2.46. The fourth-order valence-corrected chi connectivity index (χ4v) is 2.90. The number of carbonyl (C=O) groups is 2. The lowest BCUT2D eigenvalue weighted by Gasteiger charge is -2.14. The number of ether oxygens (including phenoxy) is 1. The number of halogens is 1. The molecule has 0 aliphatic heterocycles. The standard InChI is InChI=1S/C19H20FN5O5/c1-11(17(27)22-13-6-4-5-12(20)9-13)30-14(26)7-8-25-10-21-16-15(25)18(28)24(3)19(29)23(16)2/h4-6,9-11H,7-8H2,1-3H3,(H,22,27). The highest BCUT2D eigenvalue weighted by Gasteiger charge is 2.19. The van der Waals surface area contributed by atoms with Crippen molar-refractivity contribution in [1.29, 1.82) is 0 Å². The van der Waals surface area contributed by atoms with E-state index < -0.39 is 35.0 Å². The van der Waals surface area contributed by atoms with E-state index in [0.29, 0.717) is 0 Å². The summed E-state index contributed by atoms with van der Waals surface area (Å²) in [7, 11) is 2.85. The monoisotopic (exact) mass is 417 g/mol. The van der Waals surface area contributed by atoms with Gasteiger partial charge in [0, 0.05) is 26.3 Å². The van der Waals surface area contributed by atoms with Gasteiger partial charge in [0.25, 0.3) is 11.5 Å². The van der Waals surface area contributed by atoms with Crippen LogP contribution in [0.2, 0.25) is 0 Å². The Balaban J connectivity index is 1.64. The molecule has 2 heterocycles. The number of fused-ring (bicyclic) bond motifs is 1. The maximum absolute atomic E-state index is 13.2. The van der Waals surface area contributed by atoms with Crippen molar-refractivity contribution in [2.24, 2.45) is 14.1 Å². The first kappa shape index (κ1) is 21.0. The Morgan fingerprint density at radius 2 is 1.97 bits per heavy atom. The molecule has 10 nitrogen and oxygen atoms in total. The van der Waals surface area contributed by atoms with Crippen LogP contribution in [0.15, 0.2) is 40.2 Å². The Kier molecular flexibility index (Phi) is 5.81. The van der Waals surface area contributed by atoms with Crippen LogP contribution in [0.1, 0.15) is 13.3 Å². The van der Waals surface area contributed by atoms with Gasteiger partial charge >= 0.3 is 11.7 Å². The maximum Gasteiger partial charge on any atom is 0.332 e. The highest BCUT2D eigenvalue weighted by molar-refractivity contribution is 5.95. The summed E-state index contributed by atoms with van der Waals surface area (Å²) in [5.74, 6) is -1.78. The first-order chi connectivity index (χ1) is 14.2. The van der Waals surface area contributed by atoms with Gasteiger partial charge in [-0.05, 0) is 25.1 Å². The fraction of sp³-hybridized carbons (Fsp3) is 0.316. The van der Waals surface area contributed by atoms with Gasteiger partial charge in [-0.3, -0.25) is 23.5 Å². The maximum atomic E-state index is 13.2. The van der Waals surface area contributed by atoms with E-state index in [9.17, 15) is 23.6 Å². The van der Waals surface area contributed by atoms with Gasteiger partial charge in [-0.1, -0.05) is 6.07 Å². The van der Waals surface area contributed by atoms with Crippen molar-refractivity contribution in [3.63, 3.8) is 0 Å². The Bertz CT molecular complexity index is 1240. The zero-order valence-electron chi connectivity index (χ0n) is 16.6. The van der Waals surface area contributed by atoms with Crippen LogP contribution in [-0.4, -0.2) is 36.7 Å². The summed E-state index contributed by atoms with van der Waals surface area (Å²) in [4.78, 5) is 52.7. The Morgan fingerprint density at radius 1 is 1.23 bits per heavy atom. The van der Waals surface area contributed by atoms with E-state index in [1.807, 2.05) is 0 Å². The smallest absolute Gasteiger partial charge is 0.332 e. The van der Waals surface area contributed by atoms with E-state index in [2.05, 4.69) is 10.3 Å². The van der Waals surface area contributed by atoms with Crippen molar-refractivity contribution in [3.05, 3.63) is 57.2 Å². The van der Waals surface area contributed by atoms with E-state index in [0.717, 1.165) is 10.6 Å². The molecule has 1 unspecified atom stereocenters. The van der Waals surface area contributed by atoms with Crippen LogP contribution in [0, 0.1) is 5.82 Å². The average molecular weight is 417 g/mol. The molecule has 158 valence electrons. The number of nitrogens with one attached hydrogen (secondary N) is 1. The molecular formula is C19H20FN5O5. The lowest BCUT2D eigenvalue weighted by Crippen LogP contribution is -2.37. The summed E-state index contributed by atoms with van der Waals surface area (Å²) in [5.41, 5.74) is -0.394. The minimum Gasteiger partial charge on any atom is -0.452 e. The van der Waals surface area contributed by atoms with Gasteiger partial charge in [-0.25, -0.2) is 14.2 Å². The van der Waals surface area contributed by atoms with Crippen LogP contribution < -0.4 is 16.6 Å². The second kappa shape index (κ2) is 8.31. The first-order valence-corrected chi connectivity index (χ1v) is 9.05. The third-order valence-electron chi connectivity index (χ3n) is 4.54. The molecule has 1 amide bonds. The molecule has 1 atom stereocenters. The normalized spacial score (nSPS) is 12.0. The van der Waals surface area contributed by atoms with Crippen molar-refractivity contribution >= 4 is 28.7 Å². The molecule has 0 saturated carbocycles. The van der Waals surface area contributed by atoms with Gasteiger partial charge in [-0.2, -0.15) is 0 Å². The van der Waals surface area contributed by atoms with Gasteiger partial charge in [0.2, 0.25) is 0 Å². The van der Waals surface area contributed by atoms with Crippen molar-refractivity contribution in [2.45, 2.75) is 26.0 Å². The quantitative estimate of drug-likeness (QED) is 0.585. The number of nitrogens with zero attached hydrogens (tertiary/aromatic N) is 4. The van der Waals surface area contributed by atoms with E-state index >= 15 is 0 Å². The largest absolute Gasteiger partial charge is 0.452 e. The average Bonchev–Trinajstić information content (AvgIpc) is 3.13. The van der Waals surface area contributed by atoms with Gasteiger partial charge in [-0.15, -0.1) is 0 Å². The number of carbonyl (C=O) groups excluding carboxylic acids is 2. The summed E-state index contributed by atoms with van der Waals surface area (Å²) in [6.07, 6.45) is 0.127. The molecule has 0 spiro atoms. The predicted octanol–water partition coefficient (Wildman–Crippen LogP) is 0.533. The van der Waals surface area contributed by atoms with Crippen LogP contribution >= 0.6 is 0 Å². The number of benzene rings is 1. The Morgan fingerprint density at radius 3 is 2.67 bits per heavy atom. The molecule has 0 saturated heterocycles. The number of esters is 1. The van der Waals surface area contributed by atoms with E-state index in [4.69, 9.17) is 4.74 Å². The highest BCUT2D eigenvalue weighted by Crippen LogP contribution is 2.11. The van der Waals surface area contributed by atoms with Gasteiger partial charge < -0.3 is 14.6 Å². The Hall–Kier alpha value is -3.76. The van der Waals surface area contributed by atoms with Crippen molar-refractivity contribution in [3.8, 4) is 0 Å². The van der Waals surface area contributed by atoms with Crippen LogP contribution in [-0.2, 0) is 35.0 Å². The van der Waals surface area contributed by atoms with Gasteiger partial charge in [0.05, 0.1) is 12.7 Å². The van der Waals surface area contributed by atoms with Gasteiger partial charge in [0.15, 0.2) is 17.3 Å². The topological polar surface area (TPSA) is 117 Å². The van der Waals surface area contributed by atoms with Crippen molar-refractivity contribution in [1.82, 2.24) is 18.7 Å². The highest BCUT2D eigenvalue weighted by atomic mass is 19.1. The van der Waals surface area contributed by atoms with Crippen LogP contribution in [0.3, 0.4) is 0 Å². The van der Waals surface area contributed by atoms with Crippen LogP contribution in [0.4, 0.5) is 10.1 Å². The second-order valence-electron chi connectivity index (χ2n) is 6.70. The molecule has 3 aromatic rings. The zero-order chi connectivity index (χ0) is 22.0. The number of aryl methyl sites for hydroxylation is 2. The SMILES string of the molecule is CC(OC(=O)CCn1cnc2c1c(=O)n(C)c(=O)n2C)C(=O)Nc1cccc(F)c1. The molecule has 2 aromatic heterocycles. The number of aromatic nitrogens is 4. The molecular weight excluding hydrogens is 397 g/mol. The minimum atomic E-state index is -1.10. The summed E-state index contributed by atoms with van der Waals surface area (Å²) in [6, 6.07) is 5.33. The summed E-state index contributed by atoms with van der Waals surface area (Å²) < 4.78 is 21.9. The van der Waals surface area contributed by atoms with E-state index in [-0.39, 0.29) is 29.8 Å². The summed E-state index contributed by atoms with van der Waals surface area (Å²) >= 11 is 0. The second-order valence-corrected chi connectivity index (χ2v) is 6.70. The number of imidazole rings is 1. The Labute approximate surface area is 169 Å². The zero-order valence-corrected chi connectivity index (χ0v) is 16.6. The third-order valence-corrected chi connectivity index (χ3v) is 4.54. The molecule has 1 aromatic carbocycles. The van der Waals surface area contributed by atoms with E-state index in [1.165, 1.54) is 54.7 Å². The molecule has 0 fully saturated rings. The third kappa shape index (κ3) is 4.14. The molecule has 11 heteroatoms. The molecule has 3 rings (SSSR count). The molecule has 0 radical (unpaired) electrons. The number of rotatable bonds is 6. The van der Waals surface area contributed by atoms with Crippen molar-refractivity contribution < 1.29 is 18.7 Å². The lowest BCUT2D eigenvalue weighted by molar-refractivity contribution is -0.153. The van der Waals surface area contributed by atoms with Crippen molar-refractivity contribution in [2.75, 3.05) is 5.32 Å². The van der Waals surface area contributed by atoms with Crippen LogP contribution in [0.25, 0.3) is 11.2 Å². The molecule has 0 aliphatic carbocycles. The fourth-order valence-electron chi connectivity index (χ4n) is 2.90. The van der Waals surface area contributed by atoms with E-state index in [1.54, 1.807) is 0 Å². The number of hydrogen-bond acceptors (Lipinski definition) is 6. The lowest BCUT2D eigenvalue weighted by atomic mass is 10.3.